The predicted molar refractivity (Wildman–Crippen MR) is 192 cm³/mol. The quantitative estimate of drug-likeness (QED) is 0.0531. The van der Waals surface area contributed by atoms with Gasteiger partial charge in [-0.3, -0.25) is 31.8 Å². The number of aliphatic hydroxyl groups excluding tert-OH is 4. The highest BCUT2D eigenvalue weighted by molar-refractivity contribution is 7.47. The SMILES string of the molecule is Nc1ccn([C@@H]2O[C@H](CO)[C@@H](OP(=O)(O)OC[C@H]3O[C@@H](n4ccc(N)nc4=O)[C@H](O)[C@@H]3OP(=O)(O)OC[C@H]3O[C@@H](n4cnc5c(N)ncnc54)[C@H](O)[C@@H]3N)[C@H]2O)c(=O)n1. The van der Waals surface area contributed by atoms with E-state index in [0.717, 1.165) is 27.9 Å². The monoisotopic (exact) mass is 876 g/mol. The van der Waals surface area contributed by atoms with Gasteiger partial charge in [0.05, 0.1) is 32.2 Å². The van der Waals surface area contributed by atoms with E-state index >= 15 is 0 Å². The maximum atomic E-state index is 13.4. The molecular formula is C28H38N12O17P2. The highest BCUT2D eigenvalue weighted by Gasteiger charge is 2.53. The summed E-state index contributed by atoms with van der Waals surface area (Å²) in [6.07, 6.45) is -13.4. The highest BCUT2D eigenvalue weighted by Crippen LogP contribution is 2.52. The maximum Gasteiger partial charge on any atom is 0.472 e. The first-order chi connectivity index (χ1) is 27.9. The van der Waals surface area contributed by atoms with Crippen LogP contribution in [0.3, 0.4) is 0 Å². The van der Waals surface area contributed by atoms with Crippen molar-refractivity contribution in [3.05, 3.63) is 58.1 Å². The van der Waals surface area contributed by atoms with E-state index in [1.165, 1.54) is 23.0 Å². The standard InChI is InChI=1S/C28H38N12O17P2/c29-13-1-3-38(27(45)36-13)25-18(43)20(10(5-41)53-25)56-59(49,50)52-7-12-21(19(44)26(55-12)39-4-2-14(30)37-28(39)46)57-58(47,48)51-6-11-15(31)17(42)24(54-11)40-9-35-16-22(32)33-8-34-23(16)40/h1-4,8-12,15,17-21,24-26,41-44H,5-7,31H2,(H,47,48)(H,49,50)(H2,29,36,45)(H2,30,37,46)(H2,32,33,34)/t10-,11-,12-,15-,17-,18-,19-,20-,21-,24-,25-,26-/m1/s1. The summed E-state index contributed by atoms with van der Waals surface area (Å²) in [5, 5.41) is 42.9. The smallest absolute Gasteiger partial charge is 0.394 e. The molecule has 59 heavy (non-hydrogen) atoms. The number of rotatable bonds is 14. The molecule has 14 atom stereocenters. The van der Waals surface area contributed by atoms with Gasteiger partial charge >= 0.3 is 27.0 Å². The van der Waals surface area contributed by atoms with Crippen molar-refractivity contribution in [2.75, 3.05) is 37.0 Å². The second-order valence-electron chi connectivity index (χ2n) is 13.3. The Morgan fingerprint density at radius 1 is 0.712 bits per heavy atom. The number of aromatic nitrogens is 8. The third kappa shape index (κ3) is 8.63. The van der Waals surface area contributed by atoms with Crippen LogP contribution in [0, 0.1) is 0 Å². The van der Waals surface area contributed by atoms with Crippen LogP contribution in [0.25, 0.3) is 11.2 Å². The second kappa shape index (κ2) is 16.6. The lowest BCUT2D eigenvalue weighted by atomic mass is 10.1. The summed E-state index contributed by atoms with van der Waals surface area (Å²) in [6.45, 7) is -2.72. The molecule has 0 bridgehead atoms. The molecule has 7 rings (SSSR count). The molecule has 0 spiro atoms. The number of phosphoric acid groups is 2. The van der Waals surface area contributed by atoms with E-state index in [-0.39, 0.29) is 28.6 Å². The third-order valence-corrected chi connectivity index (χ3v) is 11.4. The van der Waals surface area contributed by atoms with Crippen molar-refractivity contribution in [3.63, 3.8) is 0 Å². The fourth-order valence-corrected chi connectivity index (χ4v) is 8.51. The Bertz CT molecular complexity index is 2390. The number of fused-ring (bicyclic) bond motifs is 1. The molecule has 29 nitrogen and oxygen atoms in total. The van der Waals surface area contributed by atoms with Gasteiger partial charge in [0.1, 0.15) is 72.3 Å². The fourth-order valence-electron chi connectivity index (χ4n) is 6.58. The fraction of sp³-hybridized carbons (Fsp3) is 0.536. The Labute approximate surface area is 328 Å². The summed E-state index contributed by atoms with van der Waals surface area (Å²) in [5.74, 6) is -0.291. The number of phosphoric ester groups is 2. The molecule has 3 saturated heterocycles. The molecule has 0 amide bonds. The van der Waals surface area contributed by atoms with Crippen molar-refractivity contribution in [1.82, 2.24) is 38.6 Å². The highest BCUT2D eigenvalue weighted by atomic mass is 31.2. The van der Waals surface area contributed by atoms with Crippen LogP contribution >= 0.6 is 15.6 Å². The van der Waals surface area contributed by atoms with Gasteiger partial charge in [-0.2, -0.15) is 9.97 Å². The lowest BCUT2D eigenvalue weighted by Crippen LogP contribution is -2.41. The number of ether oxygens (including phenoxy) is 3. The first kappa shape index (κ1) is 42.7. The molecule has 4 aromatic heterocycles. The predicted octanol–water partition coefficient (Wildman–Crippen LogP) is -4.81. The van der Waals surface area contributed by atoms with Crippen molar-refractivity contribution in [3.8, 4) is 0 Å². The third-order valence-electron chi connectivity index (χ3n) is 9.46. The van der Waals surface area contributed by atoms with Crippen molar-refractivity contribution < 1.29 is 71.6 Å². The Hall–Kier alpha value is -4.39. The Kier molecular flexibility index (Phi) is 12.0. The molecule has 2 unspecified atom stereocenters. The number of nitrogens with zero attached hydrogens (tertiary/aromatic N) is 8. The first-order valence-corrected chi connectivity index (χ1v) is 20.2. The van der Waals surface area contributed by atoms with Crippen molar-refractivity contribution >= 4 is 44.3 Å². The lowest BCUT2D eigenvalue weighted by molar-refractivity contribution is -0.0627. The molecule has 0 aromatic carbocycles. The molecule has 0 aliphatic carbocycles. The topological polar surface area (TPSA) is 438 Å². The zero-order chi connectivity index (χ0) is 42.6. The van der Waals surface area contributed by atoms with E-state index < -0.39 is 120 Å². The molecule has 4 aromatic rings. The van der Waals surface area contributed by atoms with Crippen LogP contribution in [0.15, 0.2) is 46.8 Å². The van der Waals surface area contributed by atoms with Crippen molar-refractivity contribution in [2.24, 2.45) is 5.73 Å². The summed E-state index contributed by atoms with van der Waals surface area (Å²) in [5.41, 5.74) is 21.5. The molecule has 0 saturated carbocycles. The van der Waals surface area contributed by atoms with Gasteiger partial charge in [0, 0.05) is 12.4 Å². The van der Waals surface area contributed by atoms with Gasteiger partial charge in [-0.25, -0.2) is 33.7 Å². The van der Waals surface area contributed by atoms with E-state index in [2.05, 4.69) is 24.9 Å². The largest absolute Gasteiger partial charge is 0.472 e. The minimum atomic E-state index is -5.34. The van der Waals surface area contributed by atoms with Crippen LogP contribution in [0.5, 0.6) is 0 Å². The van der Waals surface area contributed by atoms with E-state index in [1.807, 2.05) is 0 Å². The van der Waals surface area contributed by atoms with Crippen LogP contribution in [0.1, 0.15) is 18.7 Å². The van der Waals surface area contributed by atoms with Crippen LogP contribution in [-0.4, -0.2) is 144 Å². The molecule has 14 N–H and O–H groups in total. The molecule has 322 valence electrons. The second-order valence-corrected chi connectivity index (χ2v) is 16.1. The molecule has 3 fully saturated rings. The lowest BCUT2D eigenvalue weighted by Gasteiger charge is -2.25. The average Bonchev–Trinajstić information content (AvgIpc) is 3.90. The molecular weight excluding hydrogens is 838 g/mol. The van der Waals surface area contributed by atoms with Gasteiger partial charge < -0.3 is 67.4 Å². The van der Waals surface area contributed by atoms with E-state index in [4.69, 9.17) is 55.2 Å². The number of nitrogens with two attached hydrogens (primary N) is 4. The van der Waals surface area contributed by atoms with Gasteiger partial charge in [-0.05, 0) is 12.1 Å². The summed E-state index contributed by atoms with van der Waals surface area (Å²) in [4.78, 5) is 65.7. The Morgan fingerprint density at radius 2 is 1.20 bits per heavy atom. The van der Waals surface area contributed by atoms with Crippen LogP contribution in [0.4, 0.5) is 17.5 Å². The Balaban J connectivity index is 1.05. The van der Waals surface area contributed by atoms with E-state index in [1.54, 1.807) is 0 Å². The molecule has 7 heterocycles. The summed E-state index contributed by atoms with van der Waals surface area (Å²) in [7, 11) is -10.6. The summed E-state index contributed by atoms with van der Waals surface area (Å²) >= 11 is 0. The summed E-state index contributed by atoms with van der Waals surface area (Å²) in [6, 6.07) is 1.17. The van der Waals surface area contributed by atoms with Crippen molar-refractivity contribution in [2.45, 2.75) is 73.6 Å². The number of hydrogen-bond donors (Lipinski definition) is 10. The van der Waals surface area contributed by atoms with E-state index in [9.17, 15) is 48.9 Å². The van der Waals surface area contributed by atoms with Gasteiger partial charge in [0.25, 0.3) is 0 Å². The zero-order valence-corrected chi connectivity index (χ0v) is 31.8. The van der Waals surface area contributed by atoms with Gasteiger partial charge in [0.2, 0.25) is 0 Å². The molecule has 0 radical (unpaired) electrons. The molecule has 31 heteroatoms. The van der Waals surface area contributed by atoms with Crippen LogP contribution in [-0.2, 0) is 41.4 Å². The van der Waals surface area contributed by atoms with Crippen LogP contribution < -0.4 is 34.3 Å². The van der Waals surface area contributed by atoms with Gasteiger partial charge in [-0.1, -0.05) is 0 Å². The van der Waals surface area contributed by atoms with Crippen molar-refractivity contribution in [1.29, 1.82) is 0 Å². The Morgan fingerprint density at radius 3 is 1.75 bits per heavy atom. The number of nitrogen functional groups attached to an aromatic ring is 3. The average molecular weight is 877 g/mol. The number of aliphatic hydroxyl groups is 4. The molecule has 3 aliphatic rings. The maximum absolute atomic E-state index is 13.4. The minimum Gasteiger partial charge on any atom is -0.394 e. The first-order valence-electron chi connectivity index (χ1n) is 17.2. The molecule has 3 aliphatic heterocycles. The van der Waals surface area contributed by atoms with Crippen LogP contribution in [0.2, 0.25) is 0 Å². The van der Waals surface area contributed by atoms with Gasteiger partial charge in [0.15, 0.2) is 30.1 Å². The number of hydrogen-bond acceptors (Lipinski definition) is 24. The zero-order valence-electron chi connectivity index (χ0n) is 30.0. The minimum absolute atomic E-state index is 0.0535. The number of imidazole rings is 1. The normalized spacial score (nSPS) is 33.0. The van der Waals surface area contributed by atoms with E-state index in [0.29, 0.717) is 0 Å². The van der Waals surface area contributed by atoms with Gasteiger partial charge in [-0.15, -0.1) is 0 Å². The number of anilines is 3. The summed E-state index contributed by atoms with van der Waals surface area (Å²) < 4.78 is 67.1.